The lowest BCUT2D eigenvalue weighted by Crippen LogP contribution is -2.46. The molecule has 7 heteroatoms. The summed E-state index contributed by atoms with van der Waals surface area (Å²) in [4.78, 5) is 14.5. The fourth-order valence-corrected chi connectivity index (χ4v) is 2.55. The van der Waals surface area contributed by atoms with E-state index in [1.165, 1.54) is 0 Å². The van der Waals surface area contributed by atoms with E-state index in [1.54, 1.807) is 18.2 Å². The molecule has 122 valence electrons. The summed E-state index contributed by atoms with van der Waals surface area (Å²) in [6.45, 7) is 6.77. The van der Waals surface area contributed by atoms with Crippen LogP contribution in [0.25, 0.3) is 0 Å². The Balaban J connectivity index is 0.00000176. The van der Waals surface area contributed by atoms with Crippen LogP contribution in [0.1, 0.15) is 10.4 Å². The number of nitrogens with zero attached hydrogens (tertiary/aromatic N) is 1. The van der Waals surface area contributed by atoms with E-state index >= 15 is 0 Å². The maximum atomic E-state index is 12.1. The highest BCUT2D eigenvalue weighted by Gasteiger charge is 2.15. The van der Waals surface area contributed by atoms with Crippen molar-refractivity contribution in [2.24, 2.45) is 0 Å². The highest BCUT2D eigenvalue weighted by atomic mass is 35.5. The summed E-state index contributed by atoms with van der Waals surface area (Å²) in [5.41, 5.74) is 0.611. The predicted molar refractivity (Wildman–Crippen MR) is 86.3 cm³/mol. The van der Waals surface area contributed by atoms with Gasteiger partial charge in [-0.15, -0.1) is 12.4 Å². The van der Waals surface area contributed by atoms with Crippen LogP contribution in [0, 0.1) is 0 Å². The molecule has 0 aromatic heterocycles. The smallest absolute Gasteiger partial charge is 0.251 e. The lowest BCUT2D eigenvalue weighted by Gasteiger charge is -2.27. The maximum absolute atomic E-state index is 12.1. The van der Waals surface area contributed by atoms with Crippen LogP contribution in [-0.4, -0.2) is 63.3 Å². The minimum Gasteiger partial charge on any atom is -0.486 e. The molecule has 6 nitrogen and oxygen atoms in total. The van der Waals surface area contributed by atoms with E-state index in [0.717, 1.165) is 32.7 Å². The van der Waals surface area contributed by atoms with E-state index in [1.807, 2.05) is 0 Å². The first-order valence-corrected chi connectivity index (χ1v) is 7.44. The van der Waals surface area contributed by atoms with E-state index in [2.05, 4.69) is 15.5 Å². The molecule has 1 aromatic carbocycles. The van der Waals surface area contributed by atoms with Crippen LogP contribution < -0.4 is 20.1 Å². The third-order valence-corrected chi connectivity index (χ3v) is 3.73. The van der Waals surface area contributed by atoms with Crippen molar-refractivity contribution in [2.45, 2.75) is 0 Å². The van der Waals surface area contributed by atoms with E-state index in [9.17, 15) is 4.79 Å². The van der Waals surface area contributed by atoms with Crippen molar-refractivity contribution in [3.63, 3.8) is 0 Å². The molecule has 0 bridgehead atoms. The first kappa shape index (κ1) is 16.9. The maximum Gasteiger partial charge on any atom is 0.251 e. The van der Waals surface area contributed by atoms with Crippen LogP contribution >= 0.6 is 12.4 Å². The summed E-state index contributed by atoms with van der Waals surface area (Å²) in [7, 11) is 0. The van der Waals surface area contributed by atoms with Crippen LogP contribution in [0.2, 0.25) is 0 Å². The Morgan fingerprint density at radius 2 is 1.91 bits per heavy atom. The molecule has 2 aliphatic rings. The van der Waals surface area contributed by atoms with Gasteiger partial charge in [0.15, 0.2) is 11.5 Å². The van der Waals surface area contributed by atoms with Gasteiger partial charge in [0.25, 0.3) is 5.91 Å². The van der Waals surface area contributed by atoms with E-state index in [-0.39, 0.29) is 18.3 Å². The van der Waals surface area contributed by atoms with Crippen LogP contribution in [0.4, 0.5) is 0 Å². The van der Waals surface area contributed by atoms with Gasteiger partial charge in [0.05, 0.1) is 0 Å². The number of ether oxygens (including phenoxy) is 2. The zero-order valence-corrected chi connectivity index (χ0v) is 13.3. The topological polar surface area (TPSA) is 62.8 Å². The summed E-state index contributed by atoms with van der Waals surface area (Å²) >= 11 is 0. The third-order valence-electron chi connectivity index (χ3n) is 3.73. The number of rotatable bonds is 4. The number of amides is 1. The summed E-state index contributed by atoms with van der Waals surface area (Å²) in [6, 6.07) is 5.31. The SMILES string of the molecule is Cl.O=C(NCCN1CCNCC1)c1ccc2c(c1)OCCO2. The molecule has 3 rings (SSSR count). The number of halogens is 1. The molecule has 22 heavy (non-hydrogen) atoms. The molecule has 0 aliphatic carbocycles. The van der Waals surface area contributed by atoms with Crippen molar-refractivity contribution in [3.05, 3.63) is 23.8 Å². The second-order valence-electron chi connectivity index (χ2n) is 5.21. The van der Waals surface area contributed by atoms with E-state index < -0.39 is 0 Å². The van der Waals surface area contributed by atoms with Gasteiger partial charge in [-0.1, -0.05) is 0 Å². The Morgan fingerprint density at radius 3 is 2.68 bits per heavy atom. The van der Waals surface area contributed by atoms with Crippen molar-refractivity contribution in [2.75, 3.05) is 52.5 Å². The molecule has 0 spiro atoms. The number of carbonyl (C=O) groups is 1. The number of benzene rings is 1. The highest BCUT2D eigenvalue weighted by Crippen LogP contribution is 2.30. The number of nitrogens with one attached hydrogen (secondary N) is 2. The average Bonchev–Trinajstić information content (AvgIpc) is 2.55. The Labute approximate surface area is 136 Å². The summed E-state index contributed by atoms with van der Waals surface area (Å²) in [6.07, 6.45) is 0. The highest BCUT2D eigenvalue weighted by molar-refractivity contribution is 5.94. The number of fused-ring (bicyclic) bond motifs is 1. The molecule has 1 fully saturated rings. The average molecular weight is 328 g/mol. The van der Waals surface area contributed by atoms with Crippen LogP contribution in [0.5, 0.6) is 11.5 Å². The number of carbonyl (C=O) groups excluding carboxylic acids is 1. The van der Waals surface area contributed by atoms with E-state index in [0.29, 0.717) is 36.8 Å². The molecular formula is C15H22ClN3O3. The Morgan fingerprint density at radius 1 is 1.18 bits per heavy atom. The molecule has 2 heterocycles. The first-order valence-electron chi connectivity index (χ1n) is 7.44. The third kappa shape index (κ3) is 4.25. The fraction of sp³-hybridized carbons (Fsp3) is 0.533. The standard InChI is InChI=1S/C15H21N3O3.ClH/c19-15(17-5-8-18-6-3-16-4-7-18)12-1-2-13-14(11-12)21-10-9-20-13;/h1-2,11,16H,3-10H2,(H,17,19);1H. The number of hydrogen-bond acceptors (Lipinski definition) is 5. The zero-order valence-electron chi connectivity index (χ0n) is 12.5. The number of hydrogen-bond donors (Lipinski definition) is 2. The molecule has 0 atom stereocenters. The molecule has 0 saturated carbocycles. The Kier molecular flexibility index (Phi) is 6.30. The van der Waals surface area contributed by atoms with E-state index in [4.69, 9.17) is 9.47 Å². The molecule has 2 aliphatic heterocycles. The van der Waals surface area contributed by atoms with Gasteiger partial charge in [0.2, 0.25) is 0 Å². The zero-order chi connectivity index (χ0) is 14.5. The summed E-state index contributed by atoms with van der Waals surface area (Å²) in [5.74, 6) is 1.29. The van der Waals surface area contributed by atoms with Crippen molar-refractivity contribution in [3.8, 4) is 11.5 Å². The monoisotopic (exact) mass is 327 g/mol. The van der Waals surface area contributed by atoms with Gasteiger partial charge in [-0.2, -0.15) is 0 Å². The number of piperazine rings is 1. The van der Waals surface area contributed by atoms with Crippen molar-refractivity contribution in [1.82, 2.24) is 15.5 Å². The summed E-state index contributed by atoms with van der Waals surface area (Å²) in [5, 5.41) is 6.27. The normalized spacial score (nSPS) is 17.5. The quantitative estimate of drug-likeness (QED) is 0.844. The second-order valence-corrected chi connectivity index (χ2v) is 5.21. The van der Waals surface area contributed by atoms with Gasteiger partial charge < -0.3 is 20.1 Å². The van der Waals surface area contributed by atoms with Gasteiger partial charge in [-0.3, -0.25) is 9.69 Å². The molecule has 2 N–H and O–H groups in total. The largest absolute Gasteiger partial charge is 0.486 e. The molecule has 0 radical (unpaired) electrons. The predicted octanol–water partition coefficient (Wildman–Crippen LogP) is 0.515. The fourth-order valence-electron chi connectivity index (χ4n) is 2.55. The lowest BCUT2D eigenvalue weighted by atomic mass is 10.2. The van der Waals surface area contributed by atoms with Crippen LogP contribution in [0.15, 0.2) is 18.2 Å². The van der Waals surface area contributed by atoms with Crippen LogP contribution in [0.3, 0.4) is 0 Å². The summed E-state index contributed by atoms with van der Waals surface area (Å²) < 4.78 is 10.9. The first-order chi connectivity index (χ1) is 10.3. The molecule has 0 unspecified atom stereocenters. The van der Waals surface area contributed by atoms with Crippen LogP contribution in [-0.2, 0) is 0 Å². The molecule has 1 aromatic rings. The second kappa shape index (κ2) is 8.22. The van der Waals surface area contributed by atoms with Crippen molar-refractivity contribution < 1.29 is 14.3 Å². The van der Waals surface area contributed by atoms with Gasteiger partial charge in [0, 0.05) is 44.8 Å². The van der Waals surface area contributed by atoms with Crippen molar-refractivity contribution >= 4 is 18.3 Å². The molecule has 1 amide bonds. The minimum atomic E-state index is -0.0675. The van der Waals surface area contributed by atoms with Gasteiger partial charge >= 0.3 is 0 Å². The minimum absolute atomic E-state index is 0. The van der Waals surface area contributed by atoms with Crippen molar-refractivity contribution in [1.29, 1.82) is 0 Å². The lowest BCUT2D eigenvalue weighted by molar-refractivity contribution is 0.0946. The van der Waals surface area contributed by atoms with Gasteiger partial charge in [-0.25, -0.2) is 0 Å². The van der Waals surface area contributed by atoms with Gasteiger partial charge in [0.1, 0.15) is 13.2 Å². The molecule has 1 saturated heterocycles. The van der Waals surface area contributed by atoms with Gasteiger partial charge in [-0.05, 0) is 18.2 Å². The Bertz CT molecular complexity index is 507. The Hall–Kier alpha value is -1.50. The molecular weight excluding hydrogens is 306 g/mol.